The van der Waals surface area contributed by atoms with Gasteiger partial charge in [0, 0.05) is 17.3 Å². The Bertz CT molecular complexity index is 1550. The van der Waals surface area contributed by atoms with Crippen LogP contribution < -0.4 is 14.9 Å². The highest BCUT2D eigenvalue weighted by Gasteiger charge is 2.19. The lowest BCUT2D eigenvalue weighted by atomic mass is 10.1. The van der Waals surface area contributed by atoms with Gasteiger partial charge in [0.2, 0.25) is 0 Å². The normalized spacial score (nSPS) is 11.7. The number of hydrogen-bond donors (Lipinski definition) is 2. The number of carbonyl (C=O) groups excluding carboxylic acids is 1. The van der Waals surface area contributed by atoms with Crippen LogP contribution in [0.3, 0.4) is 0 Å². The van der Waals surface area contributed by atoms with Gasteiger partial charge in [-0.1, -0.05) is 35.1 Å². The van der Waals surface area contributed by atoms with E-state index in [1.54, 1.807) is 66.1 Å². The fourth-order valence-electron chi connectivity index (χ4n) is 3.71. The number of hydrogen-bond acceptors (Lipinski definition) is 5. The van der Waals surface area contributed by atoms with E-state index >= 15 is 0 Å². The highest BCUT2D eigenvalue weighted by Crippen LogP contribution is 2.26. The van der Waals surface area contributed by atoms with E-state index in [2.05, 4.69) is 10.0 Å². The van der Waals surface area contributed by atoms with E-state index in [0.29, 0.717) is 22.5 Å². The fraction of sp³-hybridized carbons (Fsp3) is 0.200. The molecule has 0 atom stereocenters. The Labute approximate surface area is 202 Å². The molecule has 1 aromatic heterocycles. The average Bonchev–Trinajstić information content (AvgIpc) is 3.10. The minimum absolute atomic E-state index is 0.0377. The van der Waals surface area contributed by atoms with Gasteiger partial charge in [-0.05, 0) is 75.7 Å². The van der Waals surface area contributed by atoms with E-state index in [1.807, 2.05) is 26.8 Å². The third-order valence-corrected chi connectivity index (χ3v) is 7.84. The predicted molar refractivity (Wildman–Crippen MR) is 138 cm³/mol. The Morgan fingerprint density at radius 2 is 1.71 bits per heavy atom. The zero-order chi connectivity index (χ0) is 24.6. The van der Waals surface area contributed by atoms with Crippen LogP contribution in [0.2, 0.25) is 0 Å². The molecule has 34 heavy (non-hydrogen) atoms. The summed E-state index contributed by atoms with van der Waals surface area (Å²) in [6, 6.07) is 16.8. The van der Waals surface area contributed by atoms with Crippen molar-refractivity contribution in [1.29, 1.82) is 0 Å². The van der Waals surface area contributed by atoms with E-state index in [-0.39, 0.29) is 21.7 Å². The summed E-state index contributed by atoms with van der Waals surface area (Å²) in [4.78, 5) is 25.4. The summed E-state index contributed by atoms with van der Waals surface area (Å²) in [6.07, 6.45) is 0. The number of carbonyl (C=O) groups is 1. The minimum atomic E-state index is -3.80. The van der Waals surface area contributed by atoms with Crippen molar-refractivity contribution in [1.82, 2.24) is 4.57 Å². The van der Waals surface area contributed by atoms with Gasteiger partial charge in [-0.25, -0.2) is 8.42 Å². The fourth-order valence-corrected chi connectivity index (χ4v) is 5.89. The Morgan fingerprint density at radius 3 is 2.38 bits per heavy atom. The van der Waals surface area contributed by atoms with Crippen molar-refractivity contribution in [3.8, 4) is 0 Å². The van der Waals surface area contributed by atoms with Crippen molar-refractivity contribution >= 4 is 48.9 Å². The van der Waals surface area contributed by atoms with Crippen LogP contribution in [0.4, 0.5) is 11.4 Å². The molecule has 9 heteroatoms. The summed E-state index contributed by atoms with van der Waals surface area (Å²) in [5.74, 6) is -0.371. The molecule has 0 aliphatic heterocycles. The summed E-state index contributed by atoms with van der Waals surface area (Å²) in [7, 11) is -3.80. The highest BCUT2D eigenvalue weighted by molar-refractivity contribution is 7.92. The lowest BCUT2D eigenvalue weighted by molar-refractivity contribution is 0.102. The second-order valence-corrected chi connectivity index (χ2v) is 11.0. The van der Waals surface area contributed by atoms with Crippen LogP contribution in [-0.2, 0) is 10.0 Å². The Balaban J connectivity index is 1.59. The third-order valence-electron chi connectivity index (χ3n) is 5.54. The smallest absolute Gasteiger partial charge is 0.308 e. The van der Waals surface area contributed by atoms with E-state index in [4.69, 9.17) is 0 Å². The quantitative estimate of drug-likeness (QED) is 0.379. The first kappa shape index (κ1) is 23.7. The number of anilines is 2. The van der Waals surface area contributed by atoms with Crippen LogP contribution in [0, 0.1) is 13.8 Å². The molecule has 0 spiro atoms. The molecule has 1 amide bonds. The number of aryl methyl sites for hydroxylation is 1. The van der Waals surface area contributed by atoms with Crippen molar-refractivity contribution in [2.75, 3.05) is 10.0 Å². The molecule has 1 heterocycles. The lowest BCUT2D eigenvalue weighted by Crippen LogP contribution is -2.17. The van der Waals surface area contributed by atoms with Gasteiger partial charge in [-0.3, -0.25) is 18.9 Å². The first-order chi connectivity index (χ1) is 16.1. The molecule has 0 saturated carbocycles. The molecule has 0 saturated heterocycles. The Hall–Kier alpha value is -3.43. The number of sulfonamides is 1. The number of nitrogens with zero attached hydrogens (tertiary/aromatic N) is 1. The van der Waals surface area contributed by atoms with Crippen LogP contribution in [0.25, 0.3) is 10.2 Å². The monoisotopic (exact) mass is 495 g/mol. The first-order valence-electron chi connectivity index (χ1n) is 10.7. The number of aromatic nitrogens is 1. The average molecular weight is 496 g/mol. The van der Waals surface area contributed by atoms with Gasteiger partial charge in [0.1, 0.15) is 0 Å². The number of thiazole rings is 1. The molecule has 0 aliphatic carbocycles. The van der Waals surface area contributed by atoms with Crippen molar-refractivity contribution < 1.29 is 13.2 Å². The zero-order valence-electron chi connectivity index (χ0n) is 19.2. The number of amides is 1. The molecule has 7 nitrogen and oxygen atoms in total. The van der Waals surface area contributed by atoms with E-state index < -0.39 is 10.0 Å². The summed E-state index contributed by atoms with van der Waals surface area (Å²) < 4.78 is 30.7. The van der Waals surface area contributed by atoms with Crippen LogP contribution in [0.1, 0.15) is 41.4 Å². The number of rotatable bonds is 6. The van der Waals surface area contributed by atoms with Gasteiger partial charge >= 0.3 is 4.87 Å². The lowest BCUT2D eigenvalue weighted by Gasteiger charge is -2.14. The SMILES string of the molecule is Cc1ccc(S(=O)(=O)Nc2cccc(C(=O)Nc3ccc4c(c3)sc(=O)n4C(C)C)c2C)cc1. The second kappa shape index (κ2) is 9.08. The van der Waals surface area contributed by atoms with Crippen LogP contribution in [-0.4, -0.2) is 18.9 Å². The molecule has 3 aromatic carbocycles. The van der Waals surface area contributed by atoms with Gasteiger partial charge in [-0.15, -0.1) is 0 Å². The third kappa shape index (κ3) is 4.62. The highest BCUT2D eigenvalue weighted by atomic mass is 32.2. The maximum Gasteiger partial charge on any atom is 0.308 e. The van der Waals surface area contributed by atoms with Crippen LogP contribution in [0.15, 0.2) is 70.4 Å². The van der Waals surface area contributed by atoms with Crippen molar-refractivity contribution in [3.63, 3.8) is 0 Å². The van der Waals surface area contributed by atoms with E-state index in [9.17, 15) is 18.0 Å². The van der Waals surface area contributed by atoms with Crippen LogP contribution >= 0.6 is 11.3 Å². The van der Waals surface area contributed by atoms with Gasteiger partial charge in [0.15, 0.2) is 0 Å². The molecule has 0 aliphatic rings. The molecular formula is C25H25N3O4S2. The van der Waals surface area contributed by atoms with Crippen molar-refractivity contribution in [2.24, 2.45) is 0 Å². The maximum atomic E-state index is 13.0. The summed E-state index contributed by atoms with van der Waals surface area (Å²) in [5.41, 5.74) is 3.52. The first-order valence-corrected chi connectivity index (χ1v) is 13.0. The molecule has 4 aromatic rings. The minimum Gasteiger partial charge on any atom is -0.322 e. The molecule has 176 valence electrons. The molecule has 0 bridgehead atoms. The molecule has 4 rings (SSSR count). The van der Waals surface area contributed by atoms with Crippen molar-refractivity contribution in [3.05, 3.63) is 87.0 Å². The van der Waals surface area contributed by atoms with Crippen molar-refractivity contribution in [2.45, 2.75) is 38.6 Å². The maximum absolute atomic E-state index is 13.0. The summed E-state index contributed by atoms with van der Waals surface area (Å²) in [6.45, 7) is 7.48. The zero-order valence-corrected chi connectivity index (χ0v) is 20.9. The summed E-state index contributed by atoms with van der Waals surface area (Å²) in [5, 5.41) is 2.86. The van der Waals surface area contributed by atoms with E-state index in [1.165, 1.54) is 0 Å². The van der Waals surface area contributed by atoms with Gasteiger partial charge in [0.05, 0.1) is 20.8 Å². The standard InChI is InChI=1S/C25H25N3O4S2/c1-15(2)28-22-13-10-18(14-23(22)33-25(28)30)26-24(29)20-6-5-7-21(17(20)4)27-34(31,32)19-11-8-16(3)9-12-19/h5-15,27H,1-4H3,(H,26,29). The molecule has 0 radical (unpaired) electrons. The second-order valence-electron chi connectivity index (χ2n) is 8.37. The molecule has 0 unspecified atom stereocenters. The van der Waals surface area contributed by atoms with Crippen LogP contribution in [0.5, 0.6) is 0 Å². The largest absolute Gasteiger partial charge is 0.322 e. The van der Waals surface area contributed by atoms with Gasteiger partial charge in [-0.2, -0.15) is 0 Å². The number of benzene rings is 3. The molecule has 2 N–H and O–H groups in total. The Morgan fingerprint density at radius 1 is 1.00 bits per heavy atom. The van der Waals surface area contributed by atoms with Gasteiger partial charge < -0.3 is 5.32 Å². The topological polar surface area (TPSA) is 97.3 Å². The molecular weight excluding hydrogens is 470 g/mol. The predicted octanol–water partition coefficient (Wildman–Crippen LogP) is 5.31. The summed E-state index contributed by atoms with van der Waals surface area (Å²) >= 11 is 1.13. The number of nitrogens with one attached hydrogen (secondary N) is 2. The number of fused-ring (bicyclic) bond motifs is 1. The molecule has 0 fully saturated rings. The Kier molecular flexibility index (Phi) is 6.33. The van der Waals surface area contributed by atoms with Gasteiger partial charge in [0.25, 0.3) is 15.9 Å². The van der Waals surface area contributed by atoms with E-state index in [0.717, 1.165) is 27.1 Å².